The molecule has 2 rings (SSSR count). The fourth-order valence-corrected chi connectivity index (χ4v) is 2.16. The standard InChI is InChI=1S/C10H18N2O2/c11-7-9-1-4-12(9)10(13)8-2-5-14-6-3-8/h8-9H,1-7,11H2. The van der Waals surface area contributed by atoms with Gasteiger partial charge in [0.2, 0.25) is 5.91 Å². The lowest BCUT2D eigenvalue weighted by Gasteiger charge is -2.42. The number of carbonyl (C=O) groups excluding carboxylic acids is 1. The number of likely N-dealkylation sites (tertiary alicyclic amines) is 1. The minimum atomic E-state index is 0.193. The van der Waals surface area contributed by atoms with E-state index in [1.54, 1.807) is 0 Å². The van der Waals surface area contributed by atoms with Gasteiger partial charge in [-0.3, -0.25) is 4.79 Å². The summed E-state index contributed by atoms with van der Waals surface area (Å²) in [6, 6.07) is 0.311. The third-order valence-electron chi connectivity index (χ3n) is 3.27. The highest BCUT2D eigenvalue weighted by Gasteiger charge is 2.35. The van der Waals surface area contributed by atoms with Crippen molar-refractivity contribution in [1.82, 2.24) is 4.90 Å². The normalized spacial score (nSPS) is 28.6. The van der Waals surface area contributed by atoms with E-state index in [1.807, 2.05) is 4.90 Å². The van der Waals surface area contributed by atoms with Crippen molar-refractivity contribution >= 4 is 5.91 Å². The van der Waals surface area contributed by atoms with Crippen LogP contribution in [0.15, 0.2) is 0 Å². The summed E-state index contributed by atoms with van der Waals surface area (Å²) in [5.41, 5.74) is 5.57. The Morgan fingerprint density at radius 2 is 2.07 bits per heavy atom. The molecule has 2 saturated heterocycles. The van der Waals surface area contributed by atoms with Crippen LogP contribution in [0.1, 0.15) is 19.3 Å². The Balaban J connectivity index is 1.87. The number of ether oxygens (including phenoxy) is 1. The molecule has 4 nitrogen and oxygen atoms in total. The molecule has 2 N–H and O–H groups in total. The molecule has 0 radical (unpaired) electrons. The summed E-state index contributed by atoms with van der Waals surface area (Å²) in [5, 5.41) is 0. The molecule has 0 aromatic carbocycles. The van der Waals surface area contributed by atoms with E-state index in [-0.39, 0.29) is 5.92 Å². The highest BCUT2D eigenvalue weighted by molar-refractivity contribution is 5.80. The molecule has 2 heterocycles. The van der Waals surface area contributed by atoms with Crippen molar-refractivity contribution < 1.29 is 9.53 Å². The predicted molar refractivity (Wildman–Crippen MR) is 52.7 cm³/mol. The van der Waals surface area contributed by atoms with Crippen molar-refractivity contribution in [2.24, 2.45) is 11.7 Å². The molecular formula is C10H18N2O2. The van der Waals surface area contributed by atoms with Gasteiger partial charge >= 0.3 is 0 Å². The van der Waals surface area contributed by atoms with Gasteiger partial charge in [0.25, 0.3) is 0 Å². The van der Waals surface area contributed by atoms with Crippen LogP contribution in [-0.4, -0.2) is 43.2 Å². The van der Waals surface area contributed by atoms with Crippen molar-refractivity contribution in [2.75, 3.05) is 26.3 Å². The third kappa shape index (κ3) is 1.77. The Morgan fingerprint density at radius 1 is 1.36 bits per heavy atom. The minimum Gasteiger partial charge on any atom is -0.381 e. The summed E-state index contributed by atoms with van der Waals surface area (Å²) in [5.74, 6) is 0.494. The molecule has 2 aliphatic rings. The molecular weight excluding hydrogens is 180 g/mol. The van der Waals surface area contributed by atoms with Crippen LogP contribution in [0.25, 0.3) is 0 Å². The first-order valence-corrected chi connectivity index (χ1v) is 5.41. The number of carbonyl (C=O) groups is 1. The number of nitrogens with zero attached hydrogens (tertiary/aromatic N) is 1. The Morgan fingerprint density at radius 3 is 2.57 bits per heavy atom. The van der Waals surface area contributed by atoms with Gasteiger partial charge in [-0.25, -0.2) is 0 Å². The van der Waals surface area contributed by atoms with Gasteiger partial charge in [0.1, 0.15) is 0 Å². The first-order chi connectivity index (χ1) is 6.83. The molecule has 4 heteroatoms. The van der Waals surface area contributed by atoms with Crippen LogP contribution in [0, 0.1) is 5.92 Å². The fourth-order valence-electron chi connectivity index (χ4n) is 2.16. The van der Waals surface area contributed by atoms with Crippen molar-refractivity contribution in [3.8, 4) is 0 Å². The zero-order chi connectivity index (χ0) is 9.97. The van der Waals surface area contributed by atoms with Crippen molar-refractivity contribution in [3.63, 3.8) is 0 Å². The first-order valence-electron chi connectivity index (χ1n) is 5.41. The zero-order valence-electron chi connectivity index (χ0n) is 8.45. The van der Waals surface area contributed by atoms with Gasteiger partial charge in [-0.1, -0.05) is 0 Å². The summed E-state index contributed by atoms with van der Waals surface area (Å²) < 4.78 is 5.24. The summed E-state index contributed by atoms with van der Waals surface area (Å²) in [6.45, 7) is 2.97. The van der Waals surface area contributed by atoms with E-state index in [4.69, 9.17) is 10.5 Å². The summed E-state index contributed by atoms with van der Waals surface area (Å²) >= 11 is 0. The molecule has 0 aliphatic carbocycles. The van der Waals surface area contributed by atoms with Crippen molar-refractivity contribution in [1.29, 1.82) is 0 Å². The Hall–Kier alpha value is -0.610. The second kappa shape index (κ2) is 4.28. The highest BCUT2D eigenvalue weighted by atomic mass is 16.5. The van der Waals surface area contributed by atoms with E-state index in [2.05, 4.69) is 0 Å². The van der Waals surface area contributed by atoms with Crippen LogP contribution in [-0.2, 0) is 9.53 Å². The Labute approximate surface area is 84.4 Å². The number of hydrogen-bond acceptors (Lipinski definition) is 3. The zero-order valence-corrected chi connectivity index (χ0v) is 8.45. The lowest BCUT2D eigenvalue weighted by Crippen LogP contribution is -2.56. The van der Waals surface area contributed by atoms with E-state index in [1.165, 1.54) is 0 Å². The lowest BCUT2D eigenvalue weighted by molar-refractivity contribution is -0.146. The molecule has 2 aliphatic heterocycles. The van der Waals surface area contributed by atoms with Crippen LogP contribution < -0.4 is 5.73 Å². The van der Waals surface area contributed by atoms with Crippen LogP contribution in [0.5, 0.6) is 0 Å². The summed E-state index contributed by atoms with van der Waals surface area (Å²) in [6.07, 6.45) is 2.84. The molecule has 0 bridgehead atoms. The smallest absolute Gasteiger partial charge is 0.226 e. The molecule has 1 amide bonds. The number of nitrogens with two attached hydrogens (primary N) is 1. The van der Waals surface area contributed by atoms with Gasteiger partial charge in [-0.05, 0) is 19.3 Å². The molecule has 80 valence electrons. The molecule has 0 spiro atoms. The van der Waals surface area contributed by atoms with Crippen LogP contribution in [0.4, 0.5) is 0 Å². The van der Waals surface area contributed by atoms with E-state index >= 15 is 0 Å². The lowest BCUT2D eigenvalue weighted by atomic mass is 9.94. The maximum absolute atomic E-state index is 12.0. The number of rotatable bonds is 2. The topological polar surface area (TPSA) is 55.6 Å². The van der Waals surface area contributed by atoms with Gasteiger partial charge in [0, 0.05) is 38.3 Å². The fraction of sp³-hybridized carbons (Fsp3) is 0.900. The molecule has 2 fully saturated rings. The monoisotopic (exact) mass is 198 g/mol. The quantitative estimate of drug-likeness (QED) is 0.678. The van der Waals surface area contributed by atoms with Crippen LogP contribution in [0.3, 0.4) is 0 Å². The molecule has 0 saturated carbocycles. The summed E-state index contributed by atoms with van der Waals surface area (Å²) in [4.78, 5) is 13.9. The van der Waals surface area contributed by atoms with Crippen LogP contribution >= 0.6 is 0 Å². The van der Waals surface area contributed by atoms with E-state index in [9.17, 15) is 4.79 Å². The molecule has 0 aromatic rings. The molecule has 0 aromatic heterocycles. The average Bonchev–Trinajstić information content (AvgIpc) is 2.18. The Kier molecular flexibility index (Phi) is 3.03. The largest absolute Gasteiger partial charge is 0.381 e. The van der Waals surface area contributed by atoms with Crippen LogP contribution in [0.2, 0.25) is 0 Å². The SMILES string of the molecule is NCC1CCN1C(=O)C1CCOCC1. The Bertz CT molecular complexity index is 208. The second-order valence-electron chi connectivity index (χ2n) is 4.10. The molecule has 14 heavy (non-hydrogen) atoms. The van der Waals surface area contributed by atoms with Gasteiger partial charge in [-0.2, -0.15) is 0 Å². The highest BCUT2D eigenvalue weighted by Crippen LogP contribution is 2.24. The second-order valence-corrected chi connectivity index (χ2v) is 4.10. The first kappa shape index (κ1) is 9.93. The molecule has 1 atom stereocenters. The predicted octanol–water partition coefficient (Wildman–Crippen LogP) is -0.0274. The van der Waals surface area contributed by atoms with E-state index < -0.39 is 0 Å². The van der Waals surface area contributed by atoms with E-state index in [0.29, 0.717) is 18.5 Å². The minimum absolute atomic E-state index is 0.193. The average molecular weight is 198 g/mol. The number of amides is 1. The van der Waals surface area contributed by atoms with Gasteiger partial charge in [0.15, 0.2) is 0 Å². The molecule has 1 unspecified atom stereocenters. The maximum Gasteiger partial charge on any atom is 0.226 e. The van der Waals surface area contributed by atoms with Gasteiger partial charge in [0.05, 0.1) is 0 Å². The maximum atomic E-state index is 12.0. The third-order valence-corrected chi connectivity index (χ3v) is 3.27. The van der Waals surface area contributed by atoms with Crippen molar-refractivity contribution in [2.45, 2.75) is 25.3 Å². The van der Waals surface area contributed by atoms with E-state index in [0.717, 1.165) is 39.0 Å². The van der Waals surface area contributed by atoms with Gasteiger partial charge in [-0.15, -0.1) is 0 Å². The van der Waals surface area contributed by atoms with Crippen molar-refractivity contribution in [3.05, 3.63) is 0 Å². The summed E-state index contributed by atoms with van der Waals surface area (Å²) in [7, 11) is 0. The van der Waals surface area contributed by atoms with Gasteiger partial charge < -0.3 is 15.4 Å². The number of hydrogen-bond donors (Lipinski definition) is 1.